The summed E-state index contributed by atoms with van der Waals surface area (Å²) in [5.74, 6) is 0.335. The molecule has 0 unspecified atom stereocenters. The molecule has 0 atom stereocenters. The van der Waals surface area contributed by atoms with Crippen LogP contribution < -0.4 is 5.73 Å². The van der Waals surface area contributed by atoms with Gasteiger partial charge in [0, 0.05) is 10.9 Å². The van der Waals surface area contributed by atoms with Crippen molar-refractivity contribution in [1.29, 1.82) is 0 Å². The highest BCUT2D eigenvalue weighted by Gasteiger charge is 2.11. The molecule has 0 aliphatic heterocycles. The van der Waals surface area contributed by atoms with Crippen molar-refractivity contribution in [2.45, 2.75) is 19.8 Å². The summed E-state index contributed by atoms with van der Waals surface area (Å²) in [4.78, 5) is 10.5. The molecule has 0 bridgehead atoms. The number of nitrogens with two attached hydrogens (primary N) is 1. The van der Waals surface area contributed by atoms with E-state index in [1.807, 2.05) is 13.8 Å². The van der Waals surface area contributed by atoms with Crippen LogP contribution in [0.25, 0.3) is 0 Å². The fraction of sp³-hybridized carbons (Fsp3) is 0.375. The molecule has 0 aliphatic carbocycles. The molecule has 0 saturated heterocycles. The SMILES string of the molecule is CC(C)c1c(C=O)csc1N. The molecule has 0 spiro atoms. The Morgan fingerprint density at radius 2 is 2.27 bits per heavy atom. The maximum absolute atomic E-state index is 10.5. The Morgan fingerprint density at radius 1 is 1.64 bits per heavy atom. The van der Waals surface area contributed by atoms with Crippen LogP contribution in [0.3, 0.4) is 0 Å². The molecule has 1 aromatic rings. The van der Waals surface area contributed by atoms with Gasteiger partial charge in [0.25, 0.3) is 0 Å². The lowest BCUT2D eigenvalue weighted by Gasteiger charge is -2.03. The van der Waals surface area contributed by atoms with Gasteiger partial charge in [0.2, 0.25) is 0 Å². The Kier molecular flexibility index (Phi) is 2.29. The van der Waals surface area contributed by atoms with Gasteiger partial charge in [-0.15, -0.1) is 11.3 Å². The Labute approximate surface area is 70.0 Å². The first kappa shape index (κ1) is 8.27. The van der Waals surface area contributed by atoms with Crippen molar-refractivity contribution in [1.82, 2.24) is 0 Å². The molecule has 0 saturated carbocycles. The van der Waals surface area contributed by atoms with Gasteiger partial charge in [0.05, 0.1) is 5.00 Å². The molecule has 0 aliphatic rings. The highest BCUT2D eigenvalue weighted by Crippen LogP contribution is 2.30. The molecule has 60 valence electrons. The van der Waals surface area contributed by atoms with Crippen LogP contribution >= 0.6 is 11.3 Å². The fourth-order valence-corrected chi connectivity index (χ4v) is 2.02. The molecular weight excluding hydrogens is 158 g/mol. The maximum Gasteiger partial charge on any atom is 0.151 e. The van der Waals surface area contributed by atoms with Crippen LogP contribution in [0.4, 0.5) is 5.00 Å². The van der Waals surface area contributed by atoms with Crippen LogP contribution in [0.5, 0.6) is 0 Å². The molecule has 0 amide bonds. The molecule has 2 N–H and O–H groups in total. The largest absolute Gasteiger partial charge is 0.390 e. The van der Waals surface area contributed by atoms with Crippen LogP contribution in [-0.2, 0) is 0 Å². The lowest BCUT2D eigenvalue weighted by Crippen LogP contribution is -1.94. The molecule has 3 heteroatoms. The molecule has 1 heterocycles. The number of carbonyl (C=O) groups is 1. The van der Waals surface area contributed by atoms with Crippen molar-refractivity contribution >= 4 is 22.6 Å². The quantitative estimate of drug-likeness (QED) is 0.690. The van der Waals surface area contributed by atoms with Crippen LogP contribution in [-0.4, -0.2) is 6.29 Å². The number of hydrogen-bond donors (Lipinski definition) is 1. The summed E-state index contributed by atoms with van der Waals surface area (Å²) >= 11 is 1.43. The van der Waals surface area contributed by atoms with E-state index in [4.69, 9.17) is 5.73 Å². The molecule has 0 radical (unpaired) electrons. The lowest BCUT2D eigenvalue weighted by atomic mass is 10.0. The van der Waals surface area contributed by atoms with E-state index in [1.54, 1.807) is 5.38 Å². The summed E-state index contributed by atoms with van der Waals surface area (Å²) < 4.78 is 0. The van der Waals surface area contributed by atoms with Crippen molar-refractivity contribution in [3.05, 3.63) is 16.5 Å². The van der Waals surface area contributed by atoms with Crippen LogP contribution in [0, 0.1) is 0 Å². The van der Waals surface area contributed by atoms with Crippen molar-refractivity contribution in [2.24, 2.45) is 0 Å². The third-order valence-electron chi connectivity index (χ3n) is 1.59. The molecular formula is C8H11NOS. The summed E-state index contributed by atoms with van der Waals surface area (Å²) in [5.41, 5.74) is 7.41. The summed E-state index contributed by atoms with van der Waals surface area (Å²) in [6.07, 6.45) is 0.863. The Balaban J connectivity index is 3.17. The monoisotopic (exact) mass is 169 g/mol. The molecule has 1 rings (SSSR count). The average Bonchev–Trinajstić information content (AvgIpc) is 2.30. The smallest absolute Gasteiger partial charge is 0.151 e. The van der Waals surface area contributed by atoms with Gasteiger partial charge < -0.3 is 5.73 Å². The number of nitrogen functional groups attached to an aromatic ring is 1. The highest BCUT2D eigenvalue weighted by molar-refractivity contribution is 7.14. The topological polar surface area (TPSA) is 43.1 Å². The maximum atomic E-state index is 10.5. The standard InChI is InChI=1S/C8H11NOS/c1-5(2)7-6(3-10)4-11-8(7)9/h3-5H,9H2,1-2H3. The average molecular weight is 169 g/mol. The van der Waals surface area contributed by atoms with E-state index >= 15 is 0 Å². The van der Waals surface area contributed by atoms with Crippen molar-refractivity contribution in [3.8, 4) is 0 Å². The second kappa shape index (κ2) is 3.05. The third kappa shape index (κ3) is 1.43. The minimum Gasteiger partial charge on any atom is -0.390 e. The van der Waals surface area contributed by atoms with Gasteiger partial charge in [0.1, 0.15) is 0 Å². The van der Waals surface area contributed by atoms with Gasteiger partial charge in [-0.25, -0.2) is 0 Å². The first-order chi connectivity index (χ1) is 5.16. The molecule has 2 nitrogen and oxygen atoms in total. The van der Waals surface area contributed by atoms with E-state index in [-0.39, 0.29) is 0 Å². The van der Waals surface area contributed by atoms with E-state index in [0.717, 1.165) is 22.4 Å². The van der Waals surface area contributed by atoms with Gasteiger partial charge >= 0.3 is 0 Å². The minimum atomic E-state index is 0.335. The van der Waals surface area contributed by atoms with Crippen molar-refractivity contribution < 1.29 is 4.79 Å². The number of rotatable bonds is 2. The molecule has 11 heavy (non-hydrogen) atoms. The fourth-order valence-electron chi connectivity index (χ4n) is 1.11. The van der Waals surface area contributed by atoms with E-state index in [2.05, 4.69) is 0 Å². The number of carbonyl (C=O) groups excluding carboxylic acids is 1. The lowest BCUT2D eigenvalue weighted by molar-refractivity contribution is 0.112. The summed E-state index contributed by atoms with van der Waals surface area (Å²) in [6.45, 7) is 4.07. The van der Waals surface area contributed by atoms with E-state index < -0.39 is 0 Å². The van der Waals surface area contributed by atoms with Gasteiger partial charge in [-0.2, -0.15) is 0 Å². The van der Waals surface area contributed by atoms with Crippen molar-refractivity contribution in [3.63, 3.8) is 0 Å². The van der Waals surface area contributed by atoms with E-state index in [0.29, 0.717) is 5.92 Å². The first-order valence-corrected chi connectivity index (χ1v) is 4.36. The van der Waals surface area contributed by atoms with E-state index in [9.17, 15) is 4.79 Å². The Morgan fingerprint density at radius 3 is 2.64 bits per heavy atom. The van der Waals surface area contributed by atoms with Gasteiger partial charge in [-0.3, -0.25) is 4.79 Å². The minimum absolute atomic E-state index is 0.335. The van der Waals surface area contributed by atoms with E-state index in [1.165, 1.54) is 11.3 Å². The van der Waals surface area contributed by atoms with Gasteiger partial charge in [0.15, 0.2) is 6.29 Å². The second-order valence-corrected chi connectivity index (χ2v) is 3.65. The predicted octanol–water partition coefficient (Wildman–Crippen LogP) is 2.27. The number of hydrogen-bond acceptors (Lipinski definition) is 3. The number of aldehydes is 1. The zero-order valence-electron chi connectivity index (χ0n) is 6.63. The Hall–Kier alpha value is -0.830. The normalized spacial score (nSPS) is 10.5. The predicted molar refractivity (Wildman–Crippen MR) is 48.2 cm³/mol. The van der Waals surface area contributed by atoms with Crippen LogP contribution in [0.1, 0.15) is 35.7 Å². The highest BCUT2D eigenvalue weighted by atomic mass is 32.1. The van der Waals surface area contributed by atoms with Gasteiger partial charge in [-0.05, 0) is 11.5 Å². The molecule has 0 fully saturated rings. The Bertz CT molecular complexity index is 265. The van der Waals surface area contributed by atoms with Crippen LogP contribution in [0.15, 0.2) is 5.38 Å². The van der Waals surface area contributed by atoms with Crippen molar-refractivity contribution in [2.75, 3.05) is 5.73 Å². The number of anilines is 1. The second-order valence-electron chi connectivity index (χ2n) is 2.74. The molecule has 0 aromatic carbocycles. The summed E-state index contributed by atoms with van der Waals surface area (Å²) in [5, 5.41) is 2.57. The van der Waals surface area contributed by atoms with Crippen LogP contribution in [0.2, 0.25) is 0 Å². The third-order valence-corrected chi connectivity index (χ3v) is 2.44. The molecule has 1 aromatic heterocycles. The first-order valence-electron chi connectivity index (χ1n) is 3.48. The zero-order chi connectivity index (χ0) is 8.43. The summed E-state index contributed by atoms with van der Waals surface area (Å²) in [7, 11) is 0. The van der Waals surface area contributed by atoms with Gasteiger partial charge in [-0.1, -0.05) is 13.8 Å². The number of thiophene rings is 1. The zero-order valence-corrected chi connectivity index (χ0v) is 7.44. The summed E-state index contributed by atoms with van der Waals surface area (Å²) in [6, 6.07) is 0.